The topological polar surface area (TPSA) is 104 Å². The summed E-state index contributed by atoms with van der Waals surface area (Å²) < 4.78 is 44.2. The highest BCUT2D eigenvalue weighted by molar-refractivity contribution is 7.98. The number of thioether (sulfide) groups is 1. The van der Waals surface area contributed by atoms with Gasteiger partial charge in [0, 0.05) is 17.9 Å². The fourth-order valence-electron chi connectivity index (χ4n) is 3.08. The van der Waals surface area contributed by atoms with Crippen LogP contribution in [-0.4, -0.2) is 23.0 Å². The lowest BCUT2D eigenvalue weighted by Crippen LogP contribution is -2.11. The van der Waals surface area contributed by atoms with Gasteiger partial charge in [0.2, 0.25) is 15.9 Å². The Morgan fingerprint density at radius 3 is 2.77 bits per heavy atom. The number of imidazole rings is 1. The Kier molecular flexibility index (Phi) is 5.63. The second kappa shape index (κ2) is 8.21. The molecule has 0 saturated heterocycles. The van der Waals surface area contributed by atoms with Crippen LogP contribution < -0.4 is 5.14 Å². The summed E-state index contributed by atoms with van der Waals surface area (Å²) in [5.74, 6) is 0.493. The van der Waals surface area contributed by atoms with Crippen LogP contribution in [0.25, 0.3) is 22.5 Å². The molecule has 0 saturated carbocycles. The summed E-state index contributed by atoms with van der Waals surface area (Å²) >= 11 is 1.47. The largest absolute Gasteiger partial charge is 0.444 e. The van der Waals surface area contributed by atoms with Gasteiger partial charge in [-0.15, -0.1) is 0 Å². The Bertz CT molecular complexity index is 1310. The molecule has 2 N–H and O–H groups in total. The number of nitrogens with zero attached hydrogens (tertiary/aromatic N) is 3. The van der Waals surface area contributed by atoms with E-state index >= 15 is 0 Å². The van der Waals surface area contributed by atoms with E-state index in [1.807, 2.05) is 4.57 Å². The first-order valence-corrected chi connectivity index (χ1v) is 11.7. The number of nitrogens with two attached hydrogens (primary N) is 1. The third-order valence-corrected chi connectivity index (χ3v) is 6.35. The second-order valence-corrected chi connectivity index (χ2v) is 9.19. The summed E-state index contributed by atoms with van der Waals surface area (Å²) in [5, 5.41) is 5.98. The molecule has 2 aromatic carbocycles. The smallest absolute Gasteiger partial charge is 0.238 e. The van der Waals surface area contributed by atoms with E-state index in [0.717, 1.165) is 23.6 Å². The minimum atomic E-state index is -3.80. The van der Waals surface area contributed by atoms with Gasteiger partial charge >= 0.3 is 0 Å². The summed E-state index contributed by atoms with van der Waals surface area (Å²) in [6.45, 7) is 2.79. The first kappa shape index (κ1) is 20.6. The van der Waals surface area contributed by atoms with Crippen molar-refractivity contribution in [2.24, 2.45) is 5.14 Å². The lowest BCUT2D eigenvalue weighted by Gasteiger charge is -2.06. The molecule has 156 valence electrons. The van der Waals surface area contributed by atoms with Crippen LogP contribution in [-0.2, 0) is 22.3 Å². The van der Waals surface area contributed by atoms with E-state index < -0.39 is 10.0 Å². The number of aromatic nitrogens is 3. The molecule has 0 bridgehead atoms. The number of aryl methyl sites for hydroxylation is 1. The molecule has 0 amide bonds. The van der Waals surface area contributed by atoms with Crippen LogP contribution in [0.2, 0.25) is 0 Å². The first-order valence-electron chi connectivity index (χ1n) is 9.21. The molecule has 10 heteroatoms. The lowest BCUT2D eigenvalue weighted by atomic mass is 10.2. The molecule has 7 nitrogen and oxygen atoms in total. The molecule has 0 radical (unpaired) electrons. The average Bonchev–Trinajstić information content (AvgIpc) is 3.30. The minimum Gasteiger partial charge on any atom is -0.444 e. The van der Waals surface area contributed by atoms with Gasteiger partial charge in [0.05, 0.1) is 21.6 Å². The van der Waals surface area contributed by atoms with E-state index in [4.69, 9.17) is 9.56 Å². The van der Waals surface area contributed by atoms with Crippen LogP contribution in [0.15, 0.2) is 63.2 Å². The molecule has 4 aromatic rings. The highest BCUT2D eigenvalue weighted by Crippen LogP contribution is 2.29. The summed E-state index contributed by atoms with van der Waals surface area (Å²) in [6.07, 6.45) is 2.43. The molecular formula is C20H19FN4O3S2. The third kappa shape index (κ3) is 4.25. The van der Waals surface area contributed by atoms with Crippen LogP contribution in [0.1, 0.15) is 19.0 Å². The van der Waals surface area contributed by atoms with Gasteiger partial charge in [0.25, 0.3) is 0 Å². The Morgan fingerprint density at radius 2 is 2.03 bits per heavy atom. The van der Waals surface area contributed by atoms with Crippen molar-refractivity contribution in [3.05, 3.63) is 60.2 Å². The molecule has 0 aliphatic carbocycles. The Balaban J connectivity index is 1.60. The zero-order chi connectivity index (χ0) is 21.3. The fraction of sp³-hybridized carbons (Fsp3) is 0.200. The van der Waals surface area contributed by atoms with Gasteiger partial charge in [0.15, 0.2) is 5.16 Å². The number of hydrogen-bond acceptors (Lipinski definition) is 6. The quantitative estimate of drug-likeness (QED) is 0.427. The molecule has 0 atom stereocenters. The lowest BCUT2D eigenvalue weighted by molar-refractivity contribution is 0.571. The Hall–Kier alpha value is -2.69. The molecule has 2 heterocycles. The van der Waals surface area contributed by atoms with Crippen molar-refractivity contribution in [1.82, 2.24) is 14.5 Å². The number of primary sulfonamides is 1. The van der Waals surface area contributed by atoms with Gasteiger partial charge in [-0.05, 0) is 42.8 Å². The maximum absolute atomic E-state index is 13.4. The number of rotatable bonds is 7. The molecule has 30 heavy (non-hydrogen) atoms. The second-order valence-electron chi connectivity index (χ2n) is 6.68. The van der Waals surface area contributed by atoms with Crippen molar-refractivity contribution in [3.63, 3.8) is 0 Å². The maximum atomic E-state index is 13.4. The first-order chi connectivity index (χ1) is 14.3. The summed E-state index contributed by atoms with van der Waals surface area (Å²) in [7, 11) is -3.80. The maximum Gasteiger partial charge on any atom is 0.238 e. The summed E-state index contributed by atoms with van der Waals surface area (Å²) in [6, 6.07) is 10.8. The van der Waals surface area contributed by atoms with E-state index in [9.17, 15) is 12.8 Å². The number of oxazole rings is 1. The Morgan fingerprint density at radius 1 is 1.20 bits per heavy atom. The van der Waals surface area contributed by atoms with Crippen LogP contribution in [0.4, 0.5) is 4.39 Å². The predicted octanol–water partition coefficient (Wildman–Crippen LogP) is 4.18. The highest BCUT2D eigenvalue weighted by atomic mass is 32.2. The number of halogens is 1. The van der Waals surface area contributed by atoms with Crippen molar-refractivity contribution in [2.45, 2.75) is 35.7 Å². The molecule has 0 unspecified atom stereocenters. The van der Waals surface area contributed by atoms with Gasteiger partial charge in [0.1, 0.15) is 12.1 Å². The molecule has 2 aromatic heterocycles. The van der Waals surface area contributed by atoms with Crippen LogP contribution >= 0.6 is 11.8 Å². The van der Waals surface area contributed by atoms with Gasteiger partial charge in [-0.3, -0.25) is 0 Å². The van der Waals surface area contributed by atoms with Gasteiger partial charge in [-0.25, -0.2) is 27.9 Å². The number of sulfonamides is 1. The van der Waals surface area contributed by atoms with E-state index in [2.05, 4.69) is 16.9 Å². The number of benzene rings is 2. The molecular weight excluding hydrogens is 427 g/mol. The zero-order valence-corrected chi connectivity index (χ0v) is 17.7. The SMILES string of the molecule is CCCn1c(SCc2coc(-c3cccc(F)c3)n2)nc2cc(S(N)(=O)=O)ccc21. The number of fused-ring (bicyclic) bond motifs is 1. The van der Waals surface area contributed by atoms with Crippen LogP contribution in [0.5, 0.6) is 0 Å². The standard InChI is InChI=1S/C20H19FN4O3S2/c1-2-8-25-18-7-6-16(30(22,26)27)10-17(18)24-20(25)29-12-15-11-28-19(23-15)13-4-3-5-14(21)9-13/h3-7,9-11H,2,8,12H2,1H3,(H2,22,26,27). The van der Waals surface area contributed by atoms with Crippen molar-refractivity contribution in [2.75, 3.05) is 0 Å². The van der Waals surface area contributed by atoms with Gasteiger partial charge < -0.3 is 8.98 Å². The minimum absolute atomic E-state index is 0.0314. The van der Waals surface area contributed by atoms with Crippen molar-refractivity contribution >= 4 is 32.8 Å². The molecule has 0 aliphatic rings. The van der Waals surface area contributed by atoms with Crippen molar-refractivity contribution < 1.29 is 17.2 Å². The normalized spacial score (nSPS) is 12.0. The van der Waals surface area contributed by atoms with Crippen LogP contribution in [0, 0.1) is 5.82 Å². The molecule has 0 aliphatic heterocycles. The predicted molar refractivity (Wildman–Crippen MR) is 113 cm³/mol. The summed E-state index contributed by atoms with van der Waals surface area (Å²) in [4.78, 5) is 9.05. The third-order valence-electron chi connectivity index (χ3n) is 4.43. The van der Waals surface area contributed by atoms with E-state index in [1.54, 1.807) is 24.5 Å². The average molecular weight is 447 g/mol. The monoisotopic (exact) mass is 446 g/mol. The summed E-state index contributed by atoms with van der Waals surface area (Å²) in [5.41, 5.74) is 2.67. The van der Waals surface area contributed by atoms with E-state index in [-0.39, 0.29) is 10.7 Å². The van der Waals surface area contributed by atoms with Crippen LogP contribution in [0.3, 0.4) is 0 Å². The number of hydrogen-bond donors (Lipinski definition) is 1. The van der Waals surface area contributed by atoms with Crippen molar-refractivity contribution in [3.8, 4) is 11.5 Å². The van der Waals surface area contributed by atoms with Gasteiger partial charge in [-0.1, -0.05) is 24.8 Å². The zero-order valence-electron chi connectivity index (χ0n) is 16.1. The molecule has 0 spiro atoms. The Labute approximate surface area is 177 Å². The highest BCUT2D eigenvalue weighted by Gasteiger charge is 2.16. The molecule has 0 fully saturated rings. The van der Waals surface area contributed by atoms with Gasteiger partial charge in [-0.2, -0.15) is 0 Å². The van der Waals surface area contributed by atoms with Crippen molar-refractivity contribution in [1.29, 1.82) is 0 Å². The van der Waals surface area contributed by atoms with E-state index in [0.29, 0.717) is 28.4 Å². The molecule has 4 rings (SSSR count). The fourth-order valence-corrected chi connectivity index (χ4v) is 4.53. The van der Waals surface area contributed by atoms with E-state index in [1.165, 1.54) is 36.0 Å².